The summed E-state index contributed by atoms with van der Waals surface area (Å²) in [5.74, 6) is -1.57. The van der Waals surface area contributed by atoms with E-state index in [9.17, 15) is 14.4 Å². The number of amides is 4. The van der Waals surface area contributed by atoms with Crippen molar-refractivity contribution in [2.45, 2.75) is 6.42 Å². The van der Waals surface area contributed by atoms with E-state index in [-0.39, 0.29) is 16.3 Å². The summed E-state index contributed by atoms with van der Waals surface area (Å²) in [5, 5.41) is 3.48. The fraction of sp³-hybridized carbons (Fsp3) is 0.0417. The highest BCUT2D eigenvalue weighted by Gasteiger charge is 2.37. The molecule has 32 heavy (non-hydrogen) atoms. The fourth-order valence-corrected chi connectivity index (χ4v) is 4.00. The van der Waals surface area contributed by atoms with Gasteiger partial charge in [-0.05, 0) is 47.0 Å². The fourth-order valence-electron chi connectivity index (χ4n) is 3.32. The summed E-state index contributed by atoms with van der Waals surface area (Å²) in [7, 11) is 0. The minimum Gasteiger partial charge on any atom is -0.273 e. The van der Waals surface area contributed by atoms with Gasteiger partial charge in [-0.1, -0.05) is 77.3 Å². The Bertz CT molecular complexity index is 1290. The molecule has 0 saturated carbocycles. The van der Waals surface area contributed by atoms with Gasteiger partial charge in [-0.3, -0.25) is 14.9 Å². The predicted octanol–water partition coefficient (Wildman–Crippen LogP) is 5.90. The number of halogens is 3. The highest BCUT2D eigenvalue weighted by atomic mass is 35.5. The predicted molar refractivity (Wildman–Crippen MR) is 126 cm³/mol. The van der Waals surface area contributed by atoms with Crippen LogP contribution in [-0.2, 0) is 16.0 Å². The smallest absolute Gasteiger partial charge is 0.273 e. The lowest BCUT2D eigenvalue weighted by Crippen LogP contribution is -2.54. The van der Waals surface area contributed by atoms with Crippen LogP contribution in [0.5, 0.6) is 0 Å². The Morgan fingerprint density at radius 3 is 2.12 bits per heavy atom. The van der Waals surface area contributed by atoms with Gasteiger partial charge < -0.3 is 0 Å². The molecule has 160 valence electrons. The average Bonchev–Trinajstić information content (AvgIpc) is 2.75. The highest BCUT2D eigenvalue weighted by Crippen LogP contribution is 2.30. The standard InChI is InChI=1S/C24H15Cl3N2O3/c25-18-6-2-1-5-15(18)13-16-10-9-14(12-20(16)27)11-17-22(30)28-24(32)29(23(17)31)21-8-4-3-7-19(21)26/h1-12H,13H2,(H,28,30,32)/b17-11+. The summed E-state index contributed by atoms with van der Waals surface area (Å²) < 4.78 is 0. The Labute approximate surface area is 199 Å². The third-order valence-corrected chi connectivity index (χ3v) is 5.96. The zero-order valence-electron chi connectivity index (χ0n) is 16.4. The van der Waals surface area contributed by atoms with E-state index < -0.39 is 17.8 Å². The highest BCUT2D eigenvalue weighted by molar-refractivity contribution is 6.42. The molecule has 1 heterocycles. The number of para-hydroxylation sites is 1. The number of nitrogens with one attached hydrogen (secondary N) is 1. The number of urea groups is 1. The second-order valence-corrected chi connectivity index (χ2v) is 8.25. The molecule has 1 N–H and O–H groups in total. The number of nitrogens with zero attached hydrogens (tertiary/aromatic N) is 1. The van der Waals surface area contributed by atoms with Gasteiger partial charge in [0.1, 0.15) is 5.57 Å². The molecular weight excluding hydrogens is 471 g/mol. The van der Waals surface area contributed by atoms with Gasteiger partial charge in [0.15, 0.2) is 0 Å². The van der Waals surface area contributed by atoms with Crippen LogP contribution in [0.4, 0.5) is 10.5 Å². The third kappa shape index (κ3) is 4.41. The SMILES string of the molecule is O=C1NC(=O)N(c2ccccc2Cl)C(=O)/C1=C/c1ccc(Cc2ccccc2Cl)c(Cl)c1. The van der Waals surface area contributed by atoms with E-state index in [1.165, 1.54) is 12.1 Å². The Balaban J connectivity index is 1.65. The molecule has 3 aromatic rings. The minimum atomic E-state index is -0.863. The number of benzene rings is 3. The van der Waals surface area contributed by atoms with E-state index in [0.717, 1.165) is 16.0 Å². The molecular formula is C24H15Cl3N2O3. The quantitative estimate of drug-likeness (QED) is 0.369. The molecule has 1 fully saturated rings. The lowest BCUT2D eigenvalue weighted by Gasteiger charge is -2.27. The second kappa shape index (κ2) is 9.17. The molecule has 0 radical (unpaired) electrons. The minimum absolute atomic E-state index is 0.184. The molecule has 5 nitrogen and oxygen atoms in total. The normalized spacial score (nSPS) is 15.3. The number of rotatable bonds is 4. The van der Waals surface area contributed by atoms with Gasteiger partial charge >= 0.3 is 6.03 Å². The topological polar surface area (TPSA) is 66.5 Å². The van der Waals surface area contributed by atoms with Crippen LogP contribution in [0.25, 0.3) is 6.08 Å². The maximum atomic E-state index is 13.0. The zero-order valence-corrected chi connectivity index (χ0v) is 18.7. The van der Waals surface area contributed by atoms with Gasteiger partial charge in [0.2, 0.25) is 0 Å². The Morgan fingerprint density at radius 1 is 0.781 bits per heavy atom. The Kier molecular flexibility index (Phi) is 6.33. The van der Waals surface area contributed by atoms with Crippen molar-refractivity contribution >= 4 is 64.4 Å². The third-order valence-electron chi connectivity index (χ3n) is 4.92. The number of carbonyl (C=O) groups is 3. The molecule has 1 aliphatic rings. The van der Waals surface area contributed by atoms with Gasteiger partial charge in [-0.2, -0.15) is 0 Å². The largest absolute Gasteiger partial charge is 0.335 e. The number of barbiturate groups is 1. The number of hydrogen-bond donors (Lipinski definition) is 1. The van der Waals surface area contributed by atoms with Crippen molar-refractivity contribution in [3.05, 3.63) is 104 Å². The number of carbonyl (C=O) groups excluding carboxylic acids is 3. The molecule has 0 spiro atoms. The summed E-state index contributed by atoms with van der Waals surface area (Å²) >= 11 is 18.8. The first-order valence-electron chi connectivity index (χ1n) is 9.53. The van der Waals surface area contributed by atoms with E-state index in [2.05, 4.69) is 5.32 Å². The van der Waals surface area contributed by atoms with Gasteiger partial charge in [0.25, 0.3) is 11.8 Å². The van der Waals surface area contributed by atoms with E-state index in [0.29, 0.717) is 22.0 Å². The second-order valence-electron chi connectivity index (χ2n) is 7.03. The summed E-state index contributed by atoms with van der Waals surface area (Å²) in [6.45, 7) is 0. The average molecular weight is 486 g/mol. The van der Waals surface area contributed by atoms with Crippen molar-refractivity contribution in [3.63, 3.8) is 0 Å². The van der Waals surface area contributed by atoms with Crippen LogP contribution in [0.15, 0.2) is 72.3 Å². The number of hydrogen-bond acceptors (Lipinski definition) is 3. The van der Waals surface area contributed by atoms with Gasteiger partial charge in [-0.15, -0.1) is 0 Å². The van der Waals surface area contributed by atoms with E-state index in [1.807, 2.05) is 24.3 Å². The molecule has 4 rings (SSSR count). The van der Waals surface area contributed by atoms with Crippen LogP contribution < -0.4 is 10.2 Å². The van der Waals surface area contributed by atoms with Gasteiger partial charge in [-0.25, -0.2) is 9.69 Å². The molecule has 0 atom stereocenters. The Hall–Kier alpha value is -3.12. The van der Waals surface area contributed by atoms with Crippen LogP contribution in [0.2, 0.25) is 15.1 Å². The Morgan fingerprint density at radius 2 is 1.44 bits per heavy atom. The summed E-state index contributed by atoms with van der Waals surface area (Å²) in [5.41, 5.74) is 2.28. The summed E-state index contributed by atoms with van der Waals surface area (Å²) in [4.78, 5) is 38.5. The molecule has 0 bridgehead atoms. The molecule has 4 amide bonds. The van der Waals surface area contributed by atoms with Gasteiger partial charge in [0.05, 0.1) is 10.7 Å². The lowest BCUT2D eigenvalue weighted by atomic mass is 10.0. The molecule has 0 aliphatic carbocycles. The van der Waals surface area contributed by atoms with E-state index in [4.69, 9.17) is 34.8 Å². The molecule has 8 heteroatoms. The first kappa shape index (κ1) is 22.1. The maximum Gasteiger partial charge on any atom is 0.335 e. The molecule has 3 aromatic carbocycles. The van der Waals surface area contributed by atoms with Crippen LogP contribution in [0.3, 0.4) is 0 Å². The van der Waals surface area contributed by atoms with Crippen molar-refractivity contribution in [2.75, 3.05) is 4.90 Å². The first-order chi connectivity index (χ1) is 15.3. The van der Waals surface area contributed by atoms with E-state index in [1.54, 1.807) is 36.4 Å². The monoisotopic (exact) mass is 484 g/mol. The van der Waals surface area contributed by atoms with Crippen LogP contribution in [-0.4, -0.2) is 17.8 Å². The molecule has 0 aromatic heterocycles. The lowest BCUT2D eigenvalue weighted by molar-refractivity contribution is -0.122. The molecule has 1 saturated heterocycles. The number of anilines is 1. The summed E-state index contributed by atoms with van der Waals surface area (Å²) in [6, 6.07) is 18.2. The van der Waals surface area contributed by atoms with E-state index >= 15 is 0 Å². The van der Waals surface area contributed by atoms with Crippen molar-refractivity contribution in [1.29, 1.82) is 0 Å². The number of imide groups is 2. The van der Waals surface area contributed by atoms with Crippen LogP contribution >= 0.6 is 34.8 Å². The van der Waals surface area contributed by atoms with Crippen LogP contribution in [0, 0.1) is 0 Å². The van der Waals surface area contributed by atoms with Crippen molar-refractivity contribution in [1.82, 2.24) is 5.32 Å². The van der Waals surface area contributed by atoms with Crippen molar-refractivity contribution in [2.24, 2.45) is 0 Å². The van der Waals surface area contributed by atoms with Crippen LogP contribution in [0.1, 0.15) is 16.7 Å². The maximum absolute atomic E-state index is 13.0. The van der Waals surface area contributed by atoms with Crippen molar-refractivity contribution in [3.8, 4) is 0 Å². The zero-order chi connectivity index (χ0) is 22.8. The first-order valence-corrected chi connectivity index (χ1v) is 10.7. The summed E-state index contributed by atoms with van der Waals surface area (Å²) in [6.07, 6.45) is 1.92. The molecule has 0 unspecified atom stereocenters. The van der Waals surface area contributed by atoms with Gasteiger partial charge in [0, 0.05) is 16.5 Å². The van der Waals surface area contributed by atoms with Crippen molar-refractivity contribution < 1.29 is 14.4 Å². The molecule has 1 aliphatic heterocycles.